The van der Waals surface area contributed by atoms with E-state index in [1.165, 1.54) is 0 Å². The highest BCUT2D eigenvalue weighted by atomic mass is 79.9. The topological polar surface area (TPSA) is 38.4 Å². The van der Waals surface area contributed by atoms with Crippen LogP contribution in [0.25, 0.3) is 0 Å². The Morgan fingerprint density at radius 2 is 2.62 bits per heavy atom. The van der Waals surface area contributed by atoms with Crippen LogP contribution >= 0.6 is 15.9 Å². The first-order valence-corrected chi connectivity index (χ1v) is 3.24. The van der Waals surface area contributed by atoms with Gasteiger partial charge >= 0.3 is 0 Å². The van der Waals surface area contributed by atoms with Gasteiger partial charge in [0.05, 0.1) is 0 Å². The summed E-state index contributed by atoms with van der Waals surface area (Å²) in [6.07, 6.45) is 4.56. The van der Waals surface area contributed by atoms with E-state index < -0.39 is 0 Å². The van der Waals surface area contributed by atoms with Gasteiger partial charge in [0.15, 0.2) is 0 Å². The second-order valence-electron chi connectivity index (χ2n) is 1.70. The average molecular weight is 175 g/mol. The molecule has 44 valence electrons. The van der Waals surface area contributed by atoms with Crippen molar-refractivity contribution >= 4 is 22.1 Å². The SMILES string of the molecule is NC1C=C(Br)N=CC1. The molecule has 0 aromatic carbocycles. The number of aliphatic imine (C=N–C) groups is 1. The van der Waals surface area contributed by atoms with E-state index in [9.17, 15) is 0 Å². The highest BCUT2D eigenvalue weighted by Crippen LogP contribution is 2.11. The summed E-state index contributed by atoms with van der Waals surface area (Å²) in [6.45, 7) is 0. The lowest BCUT2D eigenvalue weighted by Gasteiger charge is -2.05. The molecule has 0 amide bonds. The van der Waals surface area contributed by atoms with Crippen molar-refractivity contribution < 1.29 is 0 Å². The first-order chi connectivity index (χ1) is 3.79. The van der Waals surface area contributed by atoms with Crippen molar-refractivity contribution in [1.82, 2.24) is 0 Å². The van der Waals surface area contributed by atoms with Gasteiger partial charge in [-0.25, -0.2) is 0 Å². The van der Waals surface area contributed by atoms with Crippen LogP contribution in [-0.4, -0.2) is 12.3 Å². The predicted molar refractivity (Wildman–Crippen MR) is 38.1 cm³/mol. The van der Waals surface area contributed by atoms with Gasteiger partial charge in [-0.1, -0.05) is 0 Å². The molecule has 0 aliphatic carbocycles. The third kappa shape index (κ3) is 1.42. The lowest BCUT2D eigenvalue weighted by molar-refractivity contribution is 0.853. The molecule has 0 bridgehead atoms. The molecular formula is C5H7BrN2. The van der Waals surface area contributed by atoms with Gasteiger partial charge in [0.1, 0.15) is 4.61 Å². The fourth-order valence-corrected chi connectivity index (χ4v) is 1.03. The van der Waals surface area contributed by atoms with Crippen LogP contribution in [0.2, 0.25) is 0 Å². The number of nitrogens with zero attached hydrogens (tertiary/aromatic N) is 1. The molecular weight excluding hydrogens is 168 g/mol. The molecule has 1 unspecified atom stereocenters. The van der Waals surface area contributed by atoms with Crippen LogP contribution in [0.5, 0.6) is 0 Å². The van der Waals surface area contributed by atoms with E-state index in [1.54, 1.807) is 0 Å². The van der Waals surface area contributed by atoms with E-state index in [-0.39, 0.29) is 6.04 Å². The van der Waals surface area contributed by atoms with Crippen LogP contribution < -0.4 is 5.73 Å². The van der Waals surface area contributed by atoms with Crippen LogP contribution in [-0.2, 0) is 0 Å². The third-order valence-electron chi connectivity index (χ3n) is 0.944. The van der Waals surface area contributed by atoms with Crippen LogP contribution in [0.3, 0.4) is 0 Å². The van der Waals surface area contributed by atoms with E-state index in [0.717, 1.165) is 11.0 Å². The molecule has 2 nitrogen and oxygen atoms in total. The van der Waals surface area contributed by atoms with Gasteiger partial charge in [-0.2, -0.15) is 0 Å². The van der Waals surface area contributed by atoms with Gasteiger partial charge in [0.25, 0.3) is 0 Å². The molecule has 8 heavy (non-hydrogen) atoms. The zero-order valence-electron chi connectivity index (χ0n) is 4.34. The van der Waals surface area contributed by atoms with Gasteiger partial charge in [-0.3, -0.25) is 4.99 Å². The maximum atomic E-state index is 5.53. The summed E-state index contributed by atoms with van der Waals surface area (Å²) in [5.74, 6) is 0. The smallest absolute Gasteiger partial charge is 0.103 e. The van der Waals surface area contributed by atoms with Crippen molar-refractivity contribution in [1.29, 1.82) is 0 Å². The molecule has 0 spiro atoms. The van der Waals surface area contributed by atoms with E-state index >= 15 is 0 Å². The Labute approximate surface area is 56.6 Å². The van der Waals surface area contributed by atoms with Gasteiger partial charge in [0.2, 0.25) is 0 Å². The summed E-state index contributed by atoms with van der Waals surface area (Å²) < 4.78 is 0.844. The quantitative estimate of drug-likeness (QED) is 0.548. The minimum atomic E-state index is 0.155. The van der Waals surface area contributed by atoms with Crippen LogP contribution in [0.4, 0.5) is 0 Å². The summed E-state index contributed by atoms with van der Waals surface area (Å²) in [5, 5.41) is 0. The number of nitrogens with two attached hydrogens (primary N) is 1. The Kier molecular flexibility index (Phi) is 1.81. The molecule has 0 aromatic heterocycles. The zero-order chi connectivity index (χ0) is 5.98. The van der Waals surface area contributed by atoms with E-state index in [1.807, 2.05) is 12.3 Å². The van der Waals surface area contributed by atoms with E-state index in [0.29, 0.717) is 0 Å². The molecule has 2 N–H and O–H groups in total. The fraction of sp³-hybridized carbons (Fsp3) is 0.400. The van der Waals surface area contributed by atoms with Crippen molar-refractivity contribution in [2.45, 2.75) is 12.5 Å². The van der Waals surface area contributed by atoms with Crippen LogP contribution in [0.15, 0.2) is 15.7 Å². The molecule has 1 aliphatic heterocycles. The highest BCUT2D eigenvalue weighted by Gasteiger charge is 2.00. The summed E-state index contributed by atoms with van der Waals surface area (Å²) in [7, 11) is 0. The molecule has 0 fully saturated rings. The molecule has 0 aromatic rings. The zero-order valence-corrected chi connectivity index (χ0v) is 5.93. The Balaban J connectivity index is 2.63. The summed E-state index contributed by atoms with van der Waals surface area (Å²) in [5.41, 5.74) is 5.53. The second kappa shape index (κ2) is 2.42. The first-order valence-electron chi connectivity index (χ1n) is 2.44. The summed E-state index contributed by atoms with van der Waals surface area (Å²) in [4.78, 5) is 3.95. The standard InChI is InChI=1S/C5H7BrN2/c6-5-3-4(7)1-2-8-5/h2-4H,1,7H2. The van der Waals surface area contributed by atoms with Gasteiger partial charge < -0.3 is 5.73 Å². The number of halogens is 1. The minimum absolute atomic E-state index is 0.155. The van der Waals surface area contributed by atoms with Crippen molar-refractivity contribution in [2.75, 3.05) is 0 Å². The number of rotatable bonds is 0. The third-order valence-corrected chi connectivity index (χ3v) is 1.41. The van der Waals surface area contributed by atoms with E-state index in [2.05, 4.69) is 20.9 Å². The molecule has 1 aliphatic rings. The van der Waals surface area contributed by atoms with Crippen LogP contribution in [0, 0.1) is 0 Å². The Morgan fingerprint density at radius 1 is 1.88 bits per heavy atom. The van der Waals surface area contributed by atoms with Gasteiger partial charge in [-0.15, -0.1) is 0 Å². The molecule has 1 heterocycles. The van der Waals surface area contributed by atoms with Crippen molar-refractivity contribution in [3.8, 4) is 0 Å². The molecule has 0 radical (unpaired) electrons. The lowest BCUT2D eigenvalue weighted by atomic mass is 10.2. The Hall–Kier alpha value is -0.150. The average Bonchev–Trinajstić information content (AvgIpc) is 1.64. The maximum Gasteiger partial charge on any atom is 0.103 e. The minimum Gasteiger partial charge on any atom is -0.324 e. The van der Waals surface area contributed by atoms with Crippen LogP contribution in [0.1, 0.15) is 6.42 Å². The largest absolute Gasteiger partial charge is 0.324 e. The molecule has 0 saturated carbocycles. The Morgan fingerprint density at radius 3 is 3.00 bits per heavy atom. The monoisotopic (exact) mass is 174 g/mol. The number of hydrogen-bond donors (Lipinski definition) is 1. The van der Waals surface area contributed by atoms with Gasteiger partial charge in [-0.05, 0) is 22.0 Å². The molecule has 0 saturated heterocycles. The fourth-order valence-electron chi connectivity index (χ4n) is 0.549. The normalized spacial score (nSPS) is 27.8. The maximum absolute atomic E-state index is 5.53. The molecule has 1 rings (SSSR count). The van der Waals surface area contributed by atoms with Crippen molar-refractivity contribution in [3.05, 3.63) is 10.7 Å². The Bertz CT molecular complexity index is 139. The summed E-state index contributed by atoms with van der Waals surface area (Å²) >= 11 is 3.21. The lowest BCUT2D eigenvalue weighted by Crippen LogP contribution is -2.19. The van der Waals surface area contributed by atoms with E-state index in [4.69, 9.17) is 5.73 Å². The second-order valence-corrected chi connectivity index (χ2v) is 2.51. The summed E-state index contributed by atoms with van der Waals surface area (Å²) in [6, 6.07) is 0.155. The molecule has 1 atom stereocenters. The van der Waals surface area contributed by atoms with Crippen molar-refractivity contribution in [3.63, 3.8) is 0 Å². The highest BCUT2D eigenvalue weighted by molar-refractivity contribution is 9.11. The predicted octanol–water partition coefficient (Wildman–Crippen LogP) is 1.02. The first kappa shape index (κ1) is 5.98. The van der Waals surface area contributed by atoms with Crippen molar-refractivity contribution in [2.24, 2.45) is 10.7 Å². The molecule has 3 heteroatoms. The number of hydrogen-bond acceptors (Lipinski definition) is 2. The van der Waals surface area contributed by atoms with Gasteiger partial charge in [0, 0.05) is 18.7 Å².